The van der Waals surface area contributed by atoms with E-state index in [1.54, 1.807) is 0 Å². The van der Waals surface area contributed by atoms with Gasteiger partial charge in [0.1, 0.15) is 0 Å². The van der Waals surface area contributed by atoms with Crippen LogP contribution < -0.4 is 0 Å². The monoisotopic (exact) mass is 258 g/mol. The number of hydrogen-bond donors (Lipinski definition) is 2. The van der Waals surface area contributed by atoms with Crippen molar-refractivity contribution in [2.24, 2.45) is 0 Å². The molecular weight excluding hydrogens is 228 g/mol. The van der Waals surface area contributed by atoms with E-state index in [2.05, 4.69) is 0 Å². The highest BCUT2D eigenvalue weighted by atomic mass is 16.5. The molecule has 0 aromatic rings. The zero-order valence-electron chi connectivity index (χ0n) is 12.8. The Morgan fingerprint density at radius 3 is 1.39 bits per heavy atom. The molecule has 4 nitrogen and oxygen atoms in total. The summed E-state index contributed by atoms with van der Waals surface area (Å²) in [6.45, 7) is 12.1. The molecular formula is C14H30N2O2. The van der Waals surface area contributed by atoms with Crippen molar-refractivity contribution in [3.8, 4) is 0 Å². The summed E-state index contributed by atoms with van der Waals surface area (Å²) in [6.07, 6.45) is 3.88. The van der Waals surface area contributed by atoms with Crippen LogP contribution in [-0.2, 0) is 0 Å². The molecule has 108 valence electrons. The van der Waals surface area contributed by atoms with Crippen LogP contribution in [0.4, 0.5) is 0 Å². The van der Waals surface area contributed by atoms with E-state index in [4.69, 9.17) is 0 Å². The third-order valence-electron chi connectivity index (χ3n) is 3.69. The predicted molar refractivity (Wildman–Crippen MR) is 72.8 cm³/mol. The van der Waals surface area contributed by atoms with Crippen LogP contribution in [0.5, 0.6) is 0 Å². The lowest BCUT2D eigenvalue weighted by molar-refractivity contribution is -0.227. The summed E-state index contributed by atoms with van der Waals surface area (Å²) < 4.78 is 0. The van der Waals surface area contributed by atoms with Gasteiger partial charge >= 0.3 is 0 Å². The summed E-state index contributed by atoms with van der Waals surface area (Å²) in [7, 11) is 0. The molecule has 2 N–H and O–H groups in total. The van der Waals surface area contributed by atoms with Gasteiger partial charge in [-0.05, 0) is 60.8 Å². The van der Waals surface area contributed by atoms with E-state index >= 15 is 0 Å². The van der Waals surface area contributed by atoms with Crippen molar-refractivity contribution in [2.45, 2.75) is 90.4 Å². The zero-order valence-corrected chi connectivity index (χ0v) is 12.8. The van der Waals surface area contributed by atoms with Crippen molar-refractivity contribution in [1.82, 2.24) is 10.1 Å². The molecule has 0 heterocycles. The summed E-state index contributed by atoms with van der Waals surface area (Å²) in [4.78, 5) is 0. The topological polar surface area (TPSA) is 46.9 Å². The molecule has 1 aliphatic rings. The van der Waals surface area contributed by atoms with Gasteiger partial charge in [0.2, 0.25) is 0 Å². The second kappa shape index (κ2) is 5.45. The van der Waals surface area contributed by atoms with Gasteiger partial charge in [-0.2, -0.15) is 10.1 Å². The lowest BCUT2D eigenvalue weighted by Gasteiger charge is -2.44. The van der Waals surface area contributed by atoms with E-state index in [9.17, 15) is 10.4 Å². The molecule has 0 aliphatic heterocycles. The van der Waals surface area contributed by atoms with Gasteiger partial charge in [-0.25, -0.2) is 0 Å². The molecule has 0 radical (unpaired) electrons. The first-order valence-corrected chi connectivity index (χ1v) is 7.00. The molecule has 0 saturated heterocycles. The molecule has 18 heavy (non-hydrogen) atoms. The minimum absolute atomic E-state index is 0.140. The molecule has 0 amide bonds. The van der Waals surface area contributed by atoms with E-state index in [-0.39, 0.29) is 23.2 Å². The Bertz CT molecular complexity index is 242. The Kier molecular flexibility index (Phi) is 4.81. The van der Waals surface area contributed by atoms with Gasteiger partial charge in [0.05, 0.1) is 0 Å². The average molecular weight is 258 g/mol. The van der Waals surface area contributed by atoms with Crippen molar-refractivity contribution in [2.75, 3.05) is 0 Å². The lowest BCUT2D eigenvalue weighted by Crippen LogP contribution is -2.53. The number of rotatable bonds is 2. The zero-order chi connectivity index (χ0) is 14.1. The van der Waals surface area contributed by atoms with Gasteiger partial charge < -0.3 is 10.4 Å². The van der Waals surface area contributed by atoms with Crippen molar-refractivity contribution in [3.05, 3.63) is 0 Å². The second-order valence-electron chi connectivity index (χ2n) is 7.51. The Morgan fingerprint density at radius 1 is 0.778 bits per heavy atom. The van der Waals surface area contributed by atoms with Crippen molar-refractivity contribution in [1.29, 1.82) is 0 Å². The smallest absolute Gasteiger partial charge is 0.0379 e. The van der Waals surface area contributed by atoms with Crippen molar-refractivity contribution >= 4 is 0 Å². The van der Waals surface area contributed by atoms with E-state index in [1.165, 1.54) is 10.1 Å². The second-order valence-corrected chi connectivity index (χ2v) is 7.51. The van der Waals surface area contributed by atoms with Crippen LogP contribution in [0.2, 0.25) is 0 Å². The van der Waals surface area contributed by atoms with E-state index < -0.39 is 0 Å². The fourth-order valence-electron chi connectivity index (χ4n) is 2.68. The molecule has 0 spiro atoms. The van der Waals surface area contributed by atoms with E-state index in [0.29, 0.717) is 0 Å². The number of nitrogens with zero attached hydrogens (tertiary/aromatic N) is 2. The minimum Gasteiger partial charge on any atom is -0.313 e. The van der Waals surface area contributed by atoms with Gasteiger partial charge in [-0.15, -0.1) is 0 Å². The Morgan fingerprint density at radius 2 is 1.11 bits per heavy atom. The van der Waals surface area contributed by atoms with Crippen LogP contribution in [0.15, 0.2) is 0 Å². The van der Waals surface area contributed by atoms with E-state index in [0.717, 1.165) is 25.7 Å². The van der Waals surface area contributed by atoms with Crippen LogP contribution >= 0.6 is 0 Å². The minimum atomic E-state index is -0.241. The molecule has 2 atom stereocenters. The Labute approximate surface area is 111 Å². The first kappa shape index (κ1) is 15.9. The molecule has 2 unspecified atom stereocenters. The highest BCUT2D eigenvalue weighted by molar-refractivity contribution is 4.87. The van der Waals surface area contributed by atoms with Gasteiger partial charge in [-0.1, -0.05) is 6.42 Å². The maximum absolute atomic E-state index is 10.2. The van der Waals surface area contributed by atoms with Crippen LogP contribution in [0.1, 0.15) is 67.2 Å². The molecule has 1 fully saturated rings. The normalized spacial score (nSPS) is 27.0. The third-order valence-corrected chi connectivity index (χ3v) is 3.69. The van der Waals surface area contributed by atoms with Crippen LogP contribution in [0.3, 0.4) is 0 Å². The largest absolute Gasteiger partial charge is 0.313 e. The number of hydrogen-bond acceptors (Lipinski definition) is 4. The first-order valence-electron chi connectivity index (χ1n) is 7.00. The van der Waals surface area contributed by atoms with E-state index in [1.807, 2.05) is 41.5 Å². The maximum atomic E-state index is 10.2. The Balaban J connectivity index is 2.67. The predicted octanol–water partition coefficient (Wildman–Crippen LogP) is 3.28. The summed E-state index contributed by atoms with van der Waals surface area (Å²) in [6, 6.07) is 0.279. The summed E-state index contributed by atoms with van der Waals surface area (Å²) in [5.74, 6) is 0. The van der Waals surface area contributed by atoms with Crippen molar-refractivity contribution in [3.63, 3.8) is 0 Å². The van der Waals surface area contributed by atoms with Crippen LogP contribution in [0, 0.1) is 0 Å². The van der Waals surface area contributed by atoms with Gasteiger partial charge in [-0.3, -0.25) is 0 Å². The van der Waals surface area contributed by atoms with Gasteiger partial charge in [0.15, 0.2) is 0 Å². The molecule has 0 bridgehead atoms. The first-order chi connectivity index (χ1) is 8.03. The summed E-state index contributed by atoms with van der Waals surface area (Å²) >= 11 is 0. The molecule has 4 heteroatoms. The van der Waals surface area contributed by atoms with Gasteiger partial charge in [0.25, 0.3) is 0 Å². The standard InChI is InChI=1S/C14H30N2O2/c1-13(2,3)15(17)11-8-7-9-12(10-11)16(18)14(4,5)6/h11-12,17-18H,7-10H2,1-6H3. The molecule has 1 aliphatic carbocycles. The van der Waals surface area contributed by atoms with Gasteiger partial charge in [0, 0.05) is 23.2 Å². The van der Waals surface area contributed by atoms with Crippen LogP contribution in [0.25, 0.3) is 0 Å². The van der Waals surface area contributed by atoms with Crippen molar-refractivity contribution < 1.29 is 10.4 Å². The quantitative estimate of drug-likeness (QED) is 0.746. The lowest BCUT2D eigenvalue weighted by atomic mass is 9.87. The molecule has 0 aromatic carbocycles. The summed E-state index contributed by atoms with van der Waals surface area (Å²) in [5, 5.41) is 23.4. The molecule has 0 aromatic heterocycles. The summed E-state index contributed by atoms with van der Waals surface area (Å²) in [5.41, 5.74) is -0.483. The average Bonchev–Trinajstić information content (AvgIpc) is 2.24. The van der Waals surface area contributed by atoms with Crippen LogP contribution in [-0.4, -0.2) is 43.7 Å². The third kappa shape index (κ3) is 3.92. The highest BCUT2D eigenvalue weighted by Crippen LogP contribution is 2.31. The maximum Gasteiger partial charge on any atom is 0.0379 e. The SMILES string of the molecule is CC(C)(C)N(O)C1CCCC(N(O)C(C)(C)C)C1. The Hall–Kier alpha value is -0.160. The number of hydroxylamine groups is 4. The highest BCUT2D eigenvalue weighted by Gasteiger charge is 2.36. The molecule has 1 rings (SSSR count). The fourth-order valence-corrected chi connectivity index (χ4v) is 2.68. The molecule has 1 saturated carbocycles. The fraction of sp³-hybridized carbons (Fsp3) is 1.00.